The zero-order valence-electron chi connectivity index (χ0n) is 5.19. The lowest BCUT2D eigenvalue weighted by Gasteiger charge is -1.98. The van der Waals surface area contributed by atoms with Crippen molar-refractivity contribution < 1.29 is 0 Å². The van der Waals surface area contributed by atoms with E-state index in [1.165, 1.54) is 0 Å². The second kappa shape index (κ2) is 2.68. The summed E-state index contributed by atoms with van der Waals surface area (Å²) in [5.74, 6) is 0. The second-order valence-corrected chi connectivity index (χ2v) is 2.98. The van der Waals surface area contributed by atoms with Gasteiger partial charge in [0.05, 0.1) is 5.02 Å². The standard InChI is InChI=1S/C7H8ClP/c1-5-3-2-4-6(9)7(5)8/h2-4H,9H2,1H3. The SMILES string of the molecule is Cc1cccc(P)c1Cl. The summed E-state index contributed by atoms with van der Waals surface area (Å²) in [6, 6.07) is 5.96. The average molecular weight is 159 g/mol. The minimum atomic E-state index is 0.850. The van der Waals surface area contributed by atoms with E-state index >= 15 is 0 Å². The third-order valence-electron chi connectivity index (χ3n) is 1.22. The predicted molar refractivity (Wildman–Crippen MR) is 45.5 cm³/mol. The summed E-state index contributed by atoms with van der Waals surface area (Å²) in [5, 5.41) is 1.92. The highest BCUT2D eigenvalue weighted by Crippen LogP contribution is 2.12. The third-order valence-corrected chi connectivity index (χ3v) is 2.40. The van der Waals surface area contributed by atoms with Crippen molar-refractivity contribution >= 4 is 26.1 Å². The quantitative estimate of drug-likeness (QED) is 0.508. The molecule has 2 heteroatoms. The van der Waals surface area contributed by atoms with E-state index in [0.717, 1.165) is 15.9 Å². The molecule has 1 rings (SSSR count). The van der Waals surface area contributed by atoms with Crippen LogP contribution in [0, 0.1) is 6.92 Å². The Labute approximate surface area is 62.4 Å². The van der Waals surface area contributed by atoms with Crippen LogP contribution in [0.15, 0.2) is 18.2 Å². The topological polar surface area (TPSA) is 0 Å². The van der Waals surface area contributed by atoms with Crippen molar-refractivity contribution in [1.29, 1.82) is 0 Å². The molecule has 1 aromatic carbocycles. The number of hydrogen-bond acceptors (Lipinski definition) is 0. The predicted octanol–water partition coefficient (Wildman–Crippen LogP) is 2.15. The molecule has 48 valence electrons. The molecular weight excluding hydrogens is 151 g/mol. The van der Waals surface area contributed by atoms with Crippen LogP contribution in [0.1, 0.15) is 5.56 Å². The monoisotopic (exact) mass is 158 g/mol. The maximum Gasteiger partial charge on any atom is 0.0506 e. The average Bonchev–Trinajstić information content (AvgIpc) is 1.83. The van der Waals surface area contributed by atoms with E-state index in [9.17, 15) is 0 Å². The van der Waals surface area contributed by atoms with E-state index in [2.05, 4.69) is 9.24 Å². The summed E-state index contributed by atoms with van der Waals surface area (Å²) < 4.78 is 0. The summed E-state index contributed by atoms with van der Waals surface area (Å²) in [7, 11) is 2.59. The molecule has 0 radical (unpaired) electrons. The van der Waals surface area contributed by atoms with Gasteiger partial charge in [0.1, 0.15) is 0 Å². The van der Waals surface area contributed by atoms with Gasteiger partial charge in [0.2, 0.25) is 0 Å². The van der Waals surface area contributed by atoms with Gasteiger partial charge < -0.3 is 0 Å². The highest BCUT2D eigenvalue weighted by Gasteiger charge is 1.94. The van der Waals surface area contributed by atoms with Gasteiger partial charge in [-0.3, -0.25) is 0 Å². The van der Waals surface area contributed by atoms with Gasteiger partial charge in [0, 0.05) is 0 Å². The molecule has 9 heavy (non-hydrogen) atoms. The molecule has 0 aliphatic heterocycles. The smallest absolute Gasteiger partial charge is 0.0506 e. The van der Waals surface area contributed by atoms with E-state index in [1.807, 2.05) is 25.1 Å². The third kappa shape index (κ3) is 1.44. The molecule has 0 saturated carbocycles. The Morgan fingerprint density at radius 2 is 2.11 bits per heavy atom. The van der Waals surface area contributed by atoms with E-state index in [4.69, 9.17) is 11.6 Å². The van der Waals surface area contributed by atoms with Crippen molar-refractivity contribution in [3.63, 3.8) is 0 Å². The zero-order chi connectivity index (χ0) is 6.85. The molecule has 0 aromatic heterocycles. The maximum absolute atomic E-state index is 5.86. The minimum absolute atomic E-state index is 0.850. The van der Waals surface area contributed by atoms with Crippen LogP contribution >= 0.6 is 20.8 Å². The van der Waals surface area contributed by atoms with Crippen molar-refractivity contribution in [3.8, 4) is 0 Å². The fourth-order valence-electron chi connectivity index (χ4n) is 0.670. The largest absolute Gasteiger partial charge is 0.104 e. The molecule has 0 aliphatic rings. The van der Waals surface area contributed by atoms with Gasteiger partial charge >= 0.3 is 0 Å². The summed E-state index contributed by atoms with van der Waals surface area (Å²) in [5.41, 5.74) is 1.13. The Bertz CT molecular complexity index is 200. The molecule has 0 aliphatic carbocycles. The Morgan fingerprint density at radius 1 is 1.44 bits per heavy atom. The Hall–Kier alpha value is -0.0600. The lowest BCUT2D eigenvalue weighted by molar-refractivity contribution is 1.50. The van der Waals surface area contributed by atoms with E-state index < -0.39 is 0 Å². The van der Waals surface area contributed by atoms with Crippen LogP contribution in [-0.4, -0.2) is 0 Å². The van der Waals surface area contributed by atoms with Crippen LogP contribution < -0.4 is 5.30 Å². The lowest BCUT2D eigenvalue weighted by atomic mass is 10.2. The Balaban J connectivity index is 3.25. The first kappa shape index (κ1) is 7.05. The van der Waals surface area contributed by atoms with Gasteiger partial charge in [-0.15, -0.1) is 9.24 Å². The second-order valence-electron chi connectivity index (χ2n) is 1.98. The first-order valence-corrected chi connectivity index (χ1v) is 3.68. The molecule has 0 amide bonds. The first-order valence-electron chi connectivity index (χ1n) is 2.72. The first-order chi connectivity index (χ1) is 4.22. The lowest BCUT2D eigenvalue weighted by Crippen LogP contribution is -1.92. The van der Waals surface area contributed by atoms with E-state index in [-0.39, 0.29) is 0 Å². The van der Waals surface area contributed by atoms with Crippen molar-refractivity contribution in [2.45, 2.75) is 6.92 Å². The summed E-state index contributed by atoms with van der Waals surface area (Å²) in [6.07, 6.45) is 0. The maximum atomic E-state index is 5.86. The molecule has 0 nitrogen and oxygen atoms in total. The number of aryl methyl sites for hydroxylation is 1. The van der Waals surface area contributed by atoms with E-state index in [0.29, 0.717) is 0 Å². The number of rotatable bonds is 0. The fraction of sp³-hybridized carbons (Fsp3) is 0.143. The van der Waals surface area contributed by atoms with Crippen LogP contribution in [0.25, 0.3) is 0 Å². The van der Waals surface area contributed by atoms with Crippen molar-refractivity contribution in [2.24, 2.45) is 0 Å². The molecule has 0 heterocycles. The van der Waals surface area contributed by atoms with Crippen LogP contribution in [0.2, 0.25) is 5.02 Å². The van der Waals surface area contributed by atoms with Crippen LogP contribution in [0.4, 0.5) is 0 Å². The molecule has 1 aromatic rings. The summed E-state index contributed by atoms with van der Waals surface area (Å²) in [6.45, 7) is 2.00. The molecule has 1 unspecified atom stereocenters. The summed E-state index contributed by atoms with van der Waals surface area (Å²) in [4.78, 5) is 0. The minimum Gasteiger partial charge on any atom is -0.104 e. The van der Waals surface area contributed by atoms with Crippen molar-refractivity contribution in [1.82, 2.24) is 0 Å². The van der Waals surface area contributed by atoms with Crippen LogP contribution in [0.3, 0.4) is 0 Å². The van der Waals surface area contributed by atoms with Gasteiger partial charge in [-0.2, -0.15) is 0 Å². The Kier molecular flexibility index (Phi) is 2.10. The highest BCUT2D eigenvalue weighted by atomic mass is 35.5. The number of halogens is 1. The van der Waals surface area contributed by atoms with Gasteiger partial charge in [-0.1, -0.05) is 29.8 Å². The normalized spacial score (nSPS) is 9.67. The Morgan fingerprint density at radius 3 is 2.56 bits per heavy atom. The van der Waals surface area contributed by atoms with Crippen LogP contribution in [-0.2, 0) is 0 Å². The molecule has 0 N–H and O–H groups in total. The summed E-state index contributed by atoms with van der Waals surface area (Å²) >= 11 is 5.86. The van der Waals surface area contributed by atoms with Crippen molar-refractivity contribution in [3.05, 3.63) is 28.8 Å². The van der Waals surface area contributed by atoms with E-state index in [1.54, 1.807) is 0 Å². The zero-order valence-corrected chi connectivity index (χ0v) is 7.10. The molecule has 1 atom stereocenters. The van der Waals surface area contributed by atoms with Gasteiger partial charge in [-0.05, 0) is 17.8 Å². The van der Waals surface area contributed by atoms with Crippen molar-refractivity contribution in [2.75, 3.05) is 0 Å². The van der Waals surface area contributed by atoms with Gasteiger partial charge in [0.25, 0.3) is 0 Å². The number of benzene rings is 1. The van der Waals surface area contributed by atoms with Gasteiger partial charge in [0.15, 0.2) is 0 Å². The number of hydrogen-bond donors (Lipinski definition) is 0. The molecular formula is C7H8ClP. The molecule has 0 spiro atoms. The molecule has 0 bridgehead atoms. The molecule has 0 fully saturated rings. The highest BCUT2D eigenvalue weighted by molar-refractivity contribution is 7.28. The van der Waals surface area contributed by atoms with Crippen LogP contribution in [0.5, 0.6) is 0 Å². The molecule has 0 saturated heterocycles. The van der Waals surface area contributed by atoms with Gasteiger partial charge in [-0.25, -0.2) is 0 Å². The fourth-order valence-corrected chi connectivity index (χ4v) is 1.13.